The van der Waals surface area contributed by atoms with Crippen LogP contribution in [0.4, 0.5) is 0 Å². The molecule has 0 saturated carbocycles. The molecule has 0 heterocycles. The zero-order chi connectivity index (χ0) is 31.1. The van der Waals surface area contributed by atoms with Gasteiger partial charge in [-0.25, -0.2) is 46.6 Å². The zero-order valence-corrected chi connectivity index (χ0v) is 38.6. The molecule has 0 radical (unpaired) electrons. The van der Waals surface area contributed by atoms with Gasteiger partial charge < -0.3 is 34.0 Å². The van der Waals surface area contributed by atoms with Gasteiger partial charge in [0.2, 0.25) is 0 Å². The molecule has 0 fully saturated rings. The molecule has 0 saturated heterocycles. The van der Waals surface area contributed by atoms with Gasteiger partial charge in [0.1, 0.15) is 0 Å². The Morgan fingerprint density at radius 1 is 0.452 bits per heavy atom. The minimum atomic E-state index is 0. The molecule has 42 heavy (non-hydrogen) atoms. The Morgan fingerprint density at radius 3 is 0.643 bits per heavy atom. The molecule has 0 unspecified atom stereocenters. The van der Waals surface area contributed by atoms with Crippen LogP contribution in [0.2, 0.25) is 26.2 Å². The van der Waals surface area contributed by atoms with E-state index in [0.29, 0.717) is 23.7 Å². The third-order valence-electron chi connectivity index (χ3n) is 5.37. The van der Waals surface area contributed by atoms with E-state index in [2.05, 4.69) is 154 Å². The second-order valence-corrected chi connectivity index (χ2v) is 30.3. The molecule has 0 amide bonds. The van der Waals surface area contributed by atoms with Gasteiger partial charge in [0.15, 0.2) is 0 Å². The molecule has 0 spiro atoms. The van der Waals surface area contributed by atoms with Crippen molar-refractivity contribution in [3.05, 3.63) is 95.2 Å². The Balaban J connectivity index is -0.000000209. The van der Waals surface area contributed by atoms with Crippen LogP contribution in [0.3, 0.4) is 0 Å². The predicted octanol–water partition coefficient (Wildman–Crippen LogP) is 4.90. The molecular weight excluding hydrogens is 831 g/mol. The molecule has 4 rings (SSSR count). The van der Waals surface area contributed by atoms with Crippen LogP contribution in [0.25, 0.3) is 0 Å². The number of halogens is 2. The van der Waals surface area contributed by atoms with E-state index < -0.39 is 0 Å². The zero-order valence-electron chi connectivity index (χ0n) is 28.5. The first-order valence-electron chi connectivity index (χ1n) is 14.8. The summed E-state index contributed by atoms with van der Waals surface area (Å²) >= 11 is 3.48. The van der Waals surface area contributed by atoms with Gasteiger partial charge in [-0.2, -0.15) is 24.3 Å². The van der Waals surface area contributed by atoms with E-state index in [4.69, 9.17) is 0 Å². The molecule has 4 aliphatic carbocycles. The molecule has 232 valence electrons. The average molecular weight is 887 g/mol. The second kappa shape index (κ2) is 32.0. The monoisotopic (exact) mass is 882 g/mol. The molecular formula is C36H56Br2Si2Zr2-2. The van der Waals surface area contributed by atoms with E-state index in [1.807, 2.05) is 0 Å². The van der Waals surface area contributed by atoms with Crippen LogP contribution in [0.15, 0.2) is 70.9 Å². The fourth-order valence-electron chi connectivity index (χ4n) is 3.27. The van der Waals surface area contributed by atoms with Gasteiger partial charge in [0.25, 0.3) is 0 Å². The van der Waals surface area contributed by atoms with Gasteiger partial charge in [-0.3, -0.25) is 24.3 Å². The van der Waals surface area contributed by atoms with Crippen LogP contribution in [0, 0.1) is 48.0 Å². The standard InChI is InChI=1S/4C8H11.2C2H6Si.2BrH.2Zr/c4*1-7(2)8-5-3-4-6-8;2*1-3-2;;;;/h4*3,5,7H,4H2,1-2H3;2*1-2H3;2*1H;;/q4*-1;;;;;2*+2/p-2. The third kappa shape index (κ3) is 32.5. The Hall–Kier alpha value is 1.08. The first-order valence-corrected chi connectivity index (χ1v) is 27.2. The number of hydrogen-bond donors (Lipinski definition) is 0. The maximum Gasteiger partial charge on any atom is -1.00 e. The van der Waals surface area contributed by atoms with E-state index in [1.165, 1.54) is 22.3 Å². The van der Waals surface area contributed by atoms with Gasteiger partial charge >= 0.3 is 83.7 Å². The van der Waals surface area contributed by atoms with Gasteiger partial charge in [-0.15, -0.1) is 25.7 Å². The average Bonchev–Trinajstić information content (AvgIpc) is 3.68. The maximum absolute atomic E-state index is 3.26. The van der Waals surface area contributed by atoms with Crippen molar-refractivity contribution in [1.82, 2.24) is 0 Å². The van der Waals surface area contributed by atoms with E-state index in [0.717, 1.165) is 25.7 Å². The summed E-state index contributed by atoms with van der Waals surface area (Å²) in [5, 5.41) is 0. The summed E-state index contributed by atoms with van der Waals surface area (Å²) in [6, 6.07) is 0. The van der Waals surface area contributed by atoms with Crippen LogP contribution in [0.5, 0.6) is 0 Å². The van der Waals surface area contributed by atoms with Gasteiger partial charge in [0, 0.05) is 0 Å². The molecule has 0 aromatic rings. The van der Waals surface area contributed by atoms with E-state index in [-0.39, 0.29) is 44.8 Å². The SMILES string of the molecule is CC(C)C1=[C-]CC=C1.CC(C)C1=[C-]CC=C1.CC(C)C1=[C-]CC=C1.CC(C)C1=[C-]CC=C1.C[Si](C)=[Zr+2].C[Si](C)=[Zr+2].[Br-].[Br-]. The molecule has 6 heteroatoms. The van der Waals surface area contributed by atoms with Crippen molar-refractivity contribution >= 4 is 10.9 Å². The van der Waals surface area contributed by atoms with E-state index in [1.54, 1.807) is 46.7 Å². The summed E-state index contributed by atoms with van der Waals surface area (Å²) < 4.78 is 0. The molecule has 0 aromatic heterocycles. The molecule has 0 N–H and O–H groups in total. The Morgan fingerprint density at radius 2 is 0.595 bits per heavy atom. The van der Waals surface area contributed by atoms with Crippen LogP contribution < -0.4 is 34.0 Å². The summed E-state index contributed by atoms with van der Waals surface area (Å²) in [5.74, 6) is 2.64. The summed E-state index contributed by atoms with van der Waals surface area (Å²) in [6.45, 7) is 26.8. The van der Waals surface area contributed by atoms with Crippen molar-refractivity contribution < 1.29 is 80.6 Å². The van der Waals surface area contributed by atoms with Crippen molar-refractivity contribution in [2.24, 2.45) is 23.7 Å². The molecule has 0 nitrogen and oxygen atoms in total. The van der Waals surface area contributed by atoms with E-state index >= 15 is 0 Å². The quantitative estimate of drug-likeness (QED) is 0.279. The van der Waals surface area contributed by atoms with Crippen LogP contribution in [-0.2, 0) is 46.7 Å². The Bertz CT molecular complexity index is 834. The Labute approximate surface area is 314 Å². The van der Waals surface area contributed by atoms with Crippen molar-refractivity contribution in [2.75, 3.05) is 0 Å². The number of hydrogen-bond acceptors (Lipinski definition) is 0. The smallest absolute Gasteiger partial charge is 1.00 e. The van der Waals surface area contributed by atoms with Crippen LogP contribution in [0.1, 0.15) is 81.1 Å². The minimum Gasteiger partial charge on any atom is -1.00 e. The summed E-state index contributed by atoms with van der Waals surface area (Å²) in [6.07, 6.45) is 34.4. The van der Waals surface area contributed by atoms with Gasteiger partial charge in [0.05, 0.1) is 0 Å². The second-order valence-electron chi connectivity index (χ2n) is 11.6. The van der Waals surface area contributed by atoms with Crippen molar-refractivity contribution in [1.29, 1.82) is 0 Å². The predicted molar refractivity (Wildman–Crippen MR) is 176 cm³/mol. The maximum atomic E-state index is 3.26. The number of allylic oxidation sites excluding steroid dienone is 16. The summed E-state index contributed by atoms with van der Waals surface area (Å²) in [4.78, 5) is 0. The fourth-order valence-corrected chi connectivity index (χ4v) is 3.27. The molecule has 0 aliphatic heterocycles. The first-order chi connectivity index (χ1) is 18.7. The molecule has 0 atom stereocenters. The van der Waals surface area contributed by atoms with Crippen molar-refractivity contribution in [3.8, 4) is 0 Å². The first kappa shape index (κ1) is 49.9. The normalized spacial score (nSPS) is 14.8. The topological polar surface area (TPSA) is 0 Å². The molecule has 0 bridgehead atoms. The van der Waals surface area contributed by atoms with Crippen LogP contribution in [-0.4, -0.2) is 10.9 Å². The largest absolute Gasteiger partial charge is 1.00 e. The Kier molecular flexibility index (Phi) is 38.1. The molecule has 0 aromatic carbocycles. The minimum absolute atomic E-state index is 0. The van der Waals surface area contributed by atoms with Gasteiger partial charge in [-0.05, 0) is 0 Å². The third-order valence-corrected chi connectivity index (χ3v) is 5.37. The van der Waals surface area contributed by atoms with Crippen molar-refractivity contribution in [3.63, 3.8) is 0 Å². The van der Waals surface area contributed by atoms with Gasteiger partial charge in [-0.1, -0.05) is 79.1 Å². The van der Waals surface area contributed by atoms with E-state index in [9.17, 15) is 0 Å². The molecule has 4 aliphatic rings. The van der Waals surface area contributed by atoms with Crippen molar-refractivity contribution in [2.45, 2.75) is 107 Å². The fraction of sp³-hybridized carbons (Fsp3) is 0.556. The summed E-state index contributed by atoms with van der Waals surface area (Å²) in [5.41, 5.74) is 5.88. The van der Waals surface area contributed by atoms with Crippen LogP contribution >= 0.6 is 0 Å². The summed E-state index contributed by atoms with van der Waals surface area (Å²) in [7, 11) is 0. The number of rotatable bonds is 4.